The molecule has 1 amide bonds. The van der Waals surface area contributed by atoms with Gasteiger partial charge in [0.2, 0.25) is 5.91 Å². The number of ether oxygens (including phenoxy) is 1. The maximum Gasteiger partial charge on any atom is 0.306 e. The van der Waals surface area contributed by atoms with Gasteiger partial charge < -0.3 is 10.1 Å². The molecule has 1 saturated heterocycles. The third-order valence-corrected chi connectivity index (χ3v) is 2.14. The van der Waals surface area contributed by atoms with Gasteiger partial charge in [-0.05, 0) is 12.8 Å². The Morgan fingerprint density at radius 3 is 3.07 bits per heavy atom. The summed E-state index contributed by atoms with van der Waals surface area (Å²) in [6, 6.07) is 0.152. The summed E-state index contributed by atoms with van der Waals surface area (Å²) < 4.78 is 4.81. The molecular weight excluding hydrogens is 182 g/mol. The van der Waals surface area contributed by atoms with E-state index in [1.54, 1.807) is 0 Å². The summed E-state index contributed by atoms with van der Waals surface area (Å²) in [5, 5.41) is 2.80. The van der Waals surface area contributed by atoms with E-state index in [-0.39, 0.29) is 24.5 Å². The van der Waals surface area contributed by atoms with Gasteiger partial charge in [0, 0.05) is 18.9 Å². The standard InChI is InChI=1S/C10H15NO3/c1-2-7-14-10(13)6-4-8-3-5-9(12)11-8/h2,8H,1,3-7H2,(H,11,12)/t8-/m0/s1. The zero-order valence-electron chi connectivity index (χ0n) is 8.12. The molecule has 0 aromatic rings. The smallest absolute Gasteiger partial charge is 0.306 e. The zero-order chi connectivity index (χ0) is 10.4. The molecule has 4 nitrogen and oxygen atoms in total. The normalized spacial score (nSPS) is 20.3. The van der Waals surface area contributed by atoms with E-state index < -0.39 is 0 Å². The van der Waals surface area contributed by atoms with Gasteiger partial charge in [-0.3, -0.25) is 9.59 Å². The first-order chi connectivity index (χ1) is 6.72. The Kier molecular flexibility index (Phi) is 4.16. The van der Waals surface area contributed by atoms with Crippen LogP contribution >= 0.6 is 0 Å². The molecule has 1 aliphatic rings. The highest BCUT2D eigenvalue weighted by molar-refractivity contribution is 5.78. The van der Waals surface area contributed by atoms with E-state index in [4.69, 9.17) is 4.74 Å². The molecule has 1 aliphatic heterocycles. The summed E-state index contributed by atoms with van der Waals surface area (Å²) in [4.78, 5) is 21.9. The van der Waals surface area contributed by atoms with Crippen LogP contribution in [0.25, 0.3) is 0 Å². The number of carbonyl (C=O) groups excluding carboxylic acids is 2. The van der Waals surface area contributed by atoms with Crippen LogP contribution in [-0.4, -0.2) is 24.5 Å². The van der Waals surface area contributed by atoms with E-state index in [9.17, 15) is 9.59 Å². The van der Waals surface area contributed by atoms with Crippen molar-refractivity contribution in [2.75, 3.05) is 6.61 Å². The highest BCUT2D eigenvalue weighted by Gasteiger charge is 2.21. The molecule has 1 fully saturated rings. The summed E-state index contributed by atoms with van der Waals surface area (Å²) in [7, 11) is 0. The van der Waals surface area contributed by atoms with E-state index in [2.05, 4.69) is 11.9 Å². The van der Waals surface area contributed by atoms with Crippen LogP contribution in [-0.2, 0) is 14.3 Å². The fraction of sp³-hybridized carbons (Fsp3) is 0.600. The molecule has 0 unspecified atom stereocenters. The number of hydrogen-bond acceptors (Lipinski definition) is 3. The molecule has 1 N–H and O–H groups in total. The molecule has 0 aromatic carbocycles. The third-order valence-electron chi connectivity index (χ3n) is 2.14. The number of esters is 1. The second-order valence-electron chi connectivity index (χ2n) is 3.31. The van der Waals surface area contributed by atoms with Crippen LogP contribution < -0.4 is 5.32 Å². The molecule has 0 aliphatic carbocycles. The fourth-order valence-electron chi connectivity index (χ4n) is 1.41. The van der Waals surface area contributed by atoms with Crippen molar-refractivity contribution in [2.45, 2.75) is 31.7 Å². The lowest BCUT2D eigenvalue weighted by molar-refractivity contribution is -0.142. The van der Waals surface area contributed by atoms with Gasteiger partial charge >= 0.3 is 5.97 Å². The fourth-order valence-corrected chi connectivity index (χ4v) is 1.41. The number of carbonyl (C=O) groups is 2. The van der Waals surface area contributed by atoms with E-state index in [0.29, 0.717) is 19.3 Å². The third kappa shape index (κ3) is 3.60. The summed E-state index contributed by atoms with van der Waals surface area (Å²) in [5.74, 6) is -0.152. The predicted octanol–water partition coefficient (Wildman–Crippen LogP) is 0.774. The maximum absolute atomic E-state index is 11.1. The zero-order valence-corrected chi connectivity index (χ0v) is 8.12. The van der Waals surface area contributed by atoms with E-state index in [0.717, 1.165) is 6.42 Å². The molecule has 1 rings (SSSR count). The number of nitrogens with one attached hydrogen (secondary N) is 1. The van der Waals surface area contributed by atoms with Gasteiger partial charge in [-0.1, -0.05) is 12.7 Å². The van der Waals surface area contributed by atoms with Crippen molar-refractivity contribution in [3.63, 3.8) is 0 Å². The Morgan fingerprint density at radius 2 is 2.50 bits per heavy atom. The molecule has 78 valence electrons. The Balaban J connectivity index is 2.10. The van der Waals surface area contributed by atoms with Crippen LogP contribution in [0.3, 0.4) is 0 Å². The van der Waals surface area contributed by atoms with Crippen molar-refractivity contribution in [1.82, 2.24) is 5.32 Å². The van der Waals surface area contributed by atoms with Gasteiger partial charge in [0.15, 0.2) is 0 Å². The molecule has 14 heavy (non-hydrogen) atoms. The Labute approximate surface area is 83.3 Å². The molecule has 0 bridgehead atoms. The van der Waals surface area contributed by atoms with Crippen LogP contribution in [0, 0.1) is 0 Å². The topological polar surface area (TPSA) is 55.4 Å². The lowest BCUT2D eigenvalue weighted by atomic mass is 10.1. The Bertz CT molecular complexity index is 238. The second-order valence-corrected chi connectivity index (χ2v) is 3.31. The molecule has 4 heteroatoms. The largest absolute Gasteiger partial charge is 0.461 e. The van der Waals surface area contributed by atoms with E-state index in [1.807, 2.05) is 0 Å². The minimum Gasteiger partial charge on any atom is -0.461 e. The van der Waals surface area contributed by atoms with Gasteiger partial charge in [0.25, 0.3) is 0 Å². The SMILES string of the molecule is C=CCOC(=O)CC[C@@H]1CCC(=O)N1. The second kappa shape index (κ2) is 5.42. The highest BCUT2D eigenvalue weighted by atomic mass is 16.5. The van der Waals surface area contributed by atoms with Crippen molar-refractivity contribution in [3.05, 3.63) is 12.7 Å². The van der Waals surface area contributed by atoms with Crippen LogP contribution in [0.1, 0.15) is 25.7 Å². The number of hydrogen-bond donors (Lipinski definition) is 1. The Hall–Kier alpha value is -1.32. The molecule has 1 atom stereocenters. The van der Waals surface area contributed by atoms with Crippen molar-refractivity contribution in [1.29, 1.82) is 0 Å². The molecule has 0 aromatic heterocycles. The van der Waals surface area contributed by atoms with Gasteiger partial charge in [0.1, 0.15) is 6.61 Å². The first-order valence-corrected chi connectivity index (χ1v) is 4.78. The number of rotatable bonds is 5. The minimum atomic E-state index is -0.231. The molecule has 0 spiro atoms. The lowest BCUT2D eigenvalue weighted by Crippen LogP contribution is -2.26. The molecular formula is C10H15NO3. The van der Waals surface area contributed by atoms with Gasteiger partial charge in [-0.2, -0.15) is 0 Å². The average molecular weight is 197 g/mol. The van der Waals surface area contributed by atoms with Crippen molar-refractivity contribution in [3.8, 4) is 0 Å². The first kappa shape index (κ1) is 10.8. The average Bonchev–Trinajstić information content (AvgIpc) is 2.58. The predicted molar refractivity (Wildman–Crippen MR) is 51.6 cm³/mol. The van der Waals surface area contributed by atoms with Gasteiger partial charge in [-0.15, -0.1) is 0 Å². The van der Waals surface area contributed by atoms with E-state index in [1.165, 1.54) is 6.08 Å². The lowest BCUT2D eigenvalue weighted by Gasteiger charge is -2.08. The summed E-state index contributed by atoms with van der Waals surface area (Å²) in [6.07, 6.45) is 3.97. The first-order valence-electron chi connectivity index (χ1n) is 4.78. The quantitative estimate of drug-likeness (QED) is 0.523. The molecule has 0 saturated carbocycles. The minimum absolute atomic E-state index is 0.0782. The van der Waals surface area contributed by atoms with Crippen LogP contribution in [0.5, 0.6) is 0 Å². The van der Waals surface area contributed by atoms with Crippen LogP contribution in [0.15, 0.2) is 12.7 Å². The van der Waals surface area contributed by atoms with Crippen molar-refractivity contribution in [2.24, 2.45) is 0 Å². The summed E-state index contributed by atoms with van der Waals surface area (Å²) in [6.45, 7) is 3.71. The van der Waals surface area contributed by atoms with Crippen LogP contribution in [0.4, 0.5) is 0 Å². The van der Waals surface area contributed by atoms with Crippen LogP contribution in [0.2, 0.25) is 0 Å². The van der Waals surface area contributed by atoms with Gasteiger partial charge in [-0.25, -0.2) is 0 Å². The summed E-state index contributed by atoms with van der Waals surface area (Å²) >= 11 is 0. The highest BCUT2D eigenvalue weighted by Crippen LogP contribution is 2.12. The monoisotopic (exact) mass is 197 g/mol. The van der Waals surface area contributed by atoms with E-state index >= 15 is 0 Å². The number of amides is 1. The summed E-state index contributed by atoms with van der Waals surface area (Å²) in [5.41, 5.74) is 0. The molecule has 0 radical (unpaired) electrons. The Morgan fingerprint density at radius 1 is 1.71 bits per heavy atom. The van der Waals surface area contributed by atoms with Gasteiger partial charge in [0.05, 0.1) is 0 Å². The maximum atomic E-state index is 11.1. The molecule has 1 heterocycles. The van der Waals surface area contributed by atoms with Crippen molar-refractivity contribution < 1.29 is 14.3 Å². The van der Waals surface area contributed by atoms with Crippen molar-refractivity contribution >= 4 is 11.9 Å².